The van der Waals surface area contributed by atoms with Crippen LogP contribution in [0.1, 0.15) is 95.6 Å². The van der Waals surface area contributed by atoms with Crippen LogP contribution in [0.4, 0.5) is 18.9 Å². The molecule has 34 heavy (non-hydrogen) atoms. The minimum absolute atomic E-state index is 0.126. The Morgan fingerprint density at radius 1 is 1.03 bits per heavy atom. The van der Waals surface area contributed by atoms with Crippen LogP contribution in [0.5, 0.6) is 0 Å². The summed E-state index contributed by atoms with van der Waals surface area (Å²) in [5, 5.41) is 21.6. The van der Waals surface area contributed by atoms with Crippen molar-refractivity contribution in [2.75, 3.05) is 16.8 Å². The number of rotatable bonds is 16. The molecule has 1 aromatic carbocycles. The Balaban J connectivity index is 2.31. The normalized spacial score (nSPS) is 14.3. The van der Waals surface area contributed by atoms with Crippen molar-refractivity contribution in [2.45, 2.75) is 96.3 Å². The zero-order valence-electron chi connectivity index (χ0n) is 20.2. The molecule has 0 fully saturated rings. The molecule has 1 aromatic rings. The predicted octanol–water partition coefficient (Wildman–Crippen LogP) is 6.33. The van der Waals surface area contributed by atoms with Crippen LogP contribution in [0, 0.1) is 11.3 Å². The number of carbonyl (C=O) groups is 1. The van der Waals surface area contributed by atoms with Crippen LogP contribution in [0.3, 0.4) is 0 Å². The molecule has 0 saturated heterocycles. The fourth-order valence-electron chi connectivity index (χ4n) is 3.56. The molecule has 5 nitrogen and oxygen atoms in total. The third kappa shape index (κ3) is 11.5. The second-order valence-electron chi connectivity index (χ2n) is 8.88. The summed E-state index contributed by atoms with van der Waals surface area (Å²) in [5.41, 5.74) is -3.51. The highest BCUT2D eigenvalue weighted by atomic mass is 32.2. The quantitative estimate of drug-likeness (QED) is 0.259. The first kappa shape index (κ1) is 30.1. The Labute approximate surface area is 203 Å². The number of benzene rings is 1. The van der Waals surface area contributed by atoms with Gasteiger partial charge in [-0.2, -0.15) is 18.4 Å². The van der Waals surface area contributed by atoms with Crippen LogP contribution < -0.4 is 5.32 Å². The molecule has 9 heteroatoms. The van der Waals surface area contributed by atoms with Gasteiger partial charge < -0.3 is 10.4 Å². The lowest BCUT2D eigenvalue weighted by atomic mass is 9.96. The van der Waals surface area contributed by atoms with E-state index in [1.807, 2.05) is 0 Å². The van der Waals surface area contributed by atoms with Crippen molar-refractivity contribution in [3.8, 4) is 6.07 Å². The summed E-state index contributed by atoms with van der Waals surface area (Å²) in [7, 11) is -0.731. The van der Waals surface area contributed by atoms with Crippen LogP contribution in [0.15, 0.2) is 18.2 Å². The first-order valence-electron chi connectivity index (χ1n) is 12.0. The molecular formula is C25H37F3N2O3S. The van der Waals surface area contributed by atoms with E-state index in [-0.39, 0.29) is 12.1 Å². The van der Waals surface area contributed by atoms with Crippen molar-refractivity contribution < 1.29 is 27.3 Å². The molecule has 1 rings (SSSR count). The van der Waals surface area contributed by atoms with Gasteiger partial charge in [0.15, 0.2) is 0 Å². The molecule has 2 N–H and O–H groups in total. The monoisotopic (exact) mass is 502 g/mol. The maximum atomic E-state index is 13.1. The lowest BCUT2D eigenvalue weighted by Crippen LogP contribution is -2.40. The van der Waals surface area contributed by atoms with Crippen molar-refractivity contribution >= 4 is 22.4 Å². The SMILES string of the molecule is CCCCCCS(=O)CCCCCCCCC(C)(O)C(=O)Nc1ccc(C#N)c(C(F)(F)F)c1. The summed E-state index contributed by atoms with van der Waals surface area (Å²) in [6.45, 7) is 3.49. The van der Waals surface area contributed by atoms with E-state index >= 15 is 0 Å². The van der Waals surface area contributed by atoms with Gasteiger partial charge in [-0.1, -0.05) is 58.3 Å². The van der Waals surface area contributed by atoms with Crippen LogP contribution in [-0.2, 0) is 21.8 Å². The number of nitriles is 1. The third-order valence-corrected chi connectivity index (χ3v) is 7.19. The molecule has 0 heterocycles. The van der Waals surface area contributed by atoms with Crippen LogP contribution in [0.25, 0.3) is 0 Å². The van der Waals surface area contributed by atoms with Crippen LogP contribution in [0.2, 0.25) is 0 Å². The van der Waals surface area contributed by atoms with Gasteiger partial charge in [-0.05, 0) is 44.4 Å². The van der Waals surface area contributed by atoms with E-state index < -0.39 is 39.6 Å². The van der Waals surface area contributed by atoms with Crippen LogP contribution >= 0.6 is 0 Å². The molecule has 0 aromatic heterocycles. The summed E-state index contributed by atoms with van der Waals surface area (Å²) in [4.78, 5) is 12.4. The number of nitrogens with one attached hydrogen (secondary N) is 1. The summed E-state index contributed by atoms with van der Waals surface area (Å²) >= 11 is 0. The molecule has 0 aliphatic rings. The number of unbranched alkanes of at least 4 members (excludes halogenated alkanes) is 8. The zero-order valence-corrected chi connectivity index (χ0v) is 21.0. The zero-order chi connectivity index (χ0) is 25.6. The second kappa shape index (κ2) is 15.2. The average molecular weight is 503 g/mol. The molecule has 2 unspecified atom stereocenters. The van der Waals surface area contributed by atoms with E-state index in [9.17, 15) is 27.3 Å². The molecule has 2 atom stereocenters. The van der Waals surface area contributed by atoms with Crippen molar-refractivity contribution in [1.29, 1.82) is 5.26 Å². The third-order valence-electron chi connectivity index (χ3n) is 5.70. The maximum absolute atomic E-state index is 13.1. The fourth-order valence-corrected chi connectivity index (χ4v) is 4.82. The van der Waals surface area contributed by atoms with Gasteiger partial charge in [-0.3, -0.25) is 9.00 Å². The number of anilines is 1. The van der Waals surface area contributed by atoms with Crippen LogP contribution in [-0.4, -0.2) is 32.3 Å². The first-order valence-corrected chi connectivity index (χ1v) is 13.5. The Kier molecular flexibility index (Phi) is 13.4. The van der Waals surface area contributed by atoms with Gasteiger partial charge >= 0.3 is 6.18 Å². The van der Waals surface area contributed by atoms with E-state index in [1.54, 1.807) is 0 Å². The van der Waals surface area contributed by atoms with E-state index in [1.165, 1.54) is 31.9 Å². The van der Waals surface area contributed by atoms with Gasteiger partial charge in [0.1, 0.15) is 5.60 Å². The molecular weight excluding hydrogens is 465 g/mol. The lowest BCUT2D eigenvalue weighted by Gasteiger charge is -2.22. The van der Waals surface area contributed by atoms with Gasteiger partial charge in [0, 0.05) is 28.0 Å². The molecule has 0 bridgehead atoms. The van der Waals surface area contributed by atoms with Gasteiger partial charge in [-0.25, -0.2) is 0 Å². The Morgan fingerprint density at radius 3 is 2.15 bits per heavy atom. The molecule has 0 aliphatic carbocycles. The van der Waals surface area contributed by atoms with Crippen molar-refractivity contribution in [3.63, 3.8) is 0 Å². The van der Waals surface area contributed by atoms with Gasteiger partial charge in [0.05, 0.1) is 17.2 Å². The van der Waals surface area contributed by atoms with E-state index in [4.69, 9.17) is 5.26 Å². The molecule has 0 spiro atoms. The number of aliphatic hydroxyl groups is 1. The first-order chi connectivity index (χ1) is 16.0. The smallest absolute Gasteiger partial charge is 0.380 e. The van der Waals surface area contributed by atoms with Gasteiger partial charge in [-0.15, -0.1) is 0 Å². The Bertz CT molecular complexity index is 836. The number of amides is 1. The fraction of sp³-hybridized carbons (Fsp3) is 0.680. The number of alkyl halides is 3. The largest absolute Gasteiger partial charge is 0.417 e. The highest BCUT2D eigenvalue weighted by molar-refractivity contribution is 7.84. The lowest BCUT2D eigenvalue weighted by molar-refractivity contribution is -0.138. The Morgan fingerprint density at radius 2 is 1.59 bits per heavy atom. The highest BCUT2D eigenvalue weighted by Gasteiger charge is 2.35. The van der Waals surface area contributed by atoms with Crippen molar-refractivity contribution in [1.82, 2.24) is 0 Å². The Hall–Kier alpha value is -1.92. The van der Waals surface area contributed by atoms with Gasteiger partial charge in [0.2, 0.25) is 0 Å². The standard InChI is InChI=1S/C25H37F3N2O3S/c1-3-4-5-11-16-34(33)17-12-9-7-6-8-10-15-24(2,32)23(31)30-21-14-13-20(19-29)22(18-21)25(26,27)28/h13-14,18,32H,3-12,15-17H2,1-2H3,(H,30,31). The van der Waals surface area contributed by atoms with Gasteiger partial charge in [0.25, 0.3) is 5.91 Å². The number of halogens is 3. The minimum Gasteiger partial charge on any atom is -0.380 e. The number of hydrogen-bond donors (Lipinski definition) is 2. The number of hydrogen-bond acceptors (Lipinski definition) is 4. The minimum atomic E-state index is -4.72. The topological polar surface area (TPSA) is 90.2 Å². The molecule has 0 radical (unpaired) electrons. The van der Waals surface area contributed by atoms with E-state index in [2.05, 4.69) is 12.2 Å². The van der Waals surface area contributed by atoms with E-state index in [0.717, 1.165) is 62.5 Å². The van der Waals surface area contributed by atoms with Crippen molar-refractivity contribution in [2.24, 2.45) is 0 Å². The summed E-state index contributed by atoms with van der Waals surface area (Å²) < 4.78 is 51.2. The number of nitrogens with zero attached hydrogens (tertiary/aromatic N) is 1. The summed E-state index contributed by atoms with van der Waals surface area (Å²) in [6.07, 6.45) is 5.28. The summed E-state index contributed by atoms with van der Waals surface area (Å²) in [5.74, 6) is 0.746. The van der Waals surface area contributed by atoms with Crippen molar-refractivity contribution in [3.05, 3.63) is 29.3 Å². The molecule has 192 valence electrons. The van der Waals surface area contributed by atoms with E-state index in [0.29, 0.717) is 12.5 Å². The predicted molar refractivity (Wildman–Crippen MR) is 130 cm³/mol. The molecule has 0 saturated carbocycles. The molecule has 0 aliphatic heterocycles. The molecule has 1 amide bonds. The summed E-state index contributed by atoms with van der Waals surface area (Å²) in [6, 6.07) is 4.39. The maximum Gasteiger partial charge on any atom is 0.417 e. The second-order valence-corrected chi connectivity index (χ2v) is 10.6. The number of carbonyl (C=O) groups excluding carboxylic acids is 1. The average Bonchev–Trinajstić information content (AvgIpc) is 2.77. The highest BCUT2D eigenvalue weighted by Crippen LogP contribution is 2.33.